The molecule has 0 fully saturated rings. The normalized spacial score (nSPS) is 11.7. The van der Waals surface area contributed by atoms with Gasteiger partial charge in [-0.2, -0.15) is 0 Å². The molecule has 0 aromatic rings. The highest BCUT2D eigenvalue weighted by Crippen LogP contribution is 1.94. The van der Waals surface area contributed by atoms with E-state index in [4.69, 9.17) is 5.73 Å². The molecule has 0 saturated heterocycles. The highest BCUT2D eigenvalue weighted by molar-refractivity contribution is 5.15. The van der Waals surface area contributed by atoms with Gasteiger partial charge in [-0.25, -0.2) is 0 Å². The number of allylic oxidation sites excluding steroid dienone is 3. The molecule has 0 saturated carbocycles. The van der Waals surface area contributed by atoms with Crippen molar-refractivity contribution in [2.75, 3.05) is 7.05 Å². The van der Waals surface area contributed by atoms with Crippen molar-refractivity contribution in [2.45, 2.75) is 19.9 Å². The molecule has 68 valence electrons. The quantitative estimate of drug-likeness (QED) is 0.646. The van der Waals surface area contributed by atoms with Gasteiger partial charge < -0.3 is 10.6 Å². The third-order valence-corrected chi connectivity index (χ3v) is 1.56. The molecule has 0 aliphatic heterocycles. The van der Waals surface area contributed by atoms with Crippen LogP contribution in [0.15, 0.2) is 36.7 Å². The van der Waals surface area contributed by atoms with Gasteiger partial charge >= 0.3 is 0 Å². The highest BCUT2D eigenvalue weighted by Gasteiger charge is 1.93. The molecule has 0 aromatic carbocycles. The predicted molar refractivity (Wildman–Crippen MR) is 54.5 cm³/mol. The van der Waals surface area contributed by atoms with Crippen LogP contribution in [0.25, 0.3) is 0 Å². The molecule has 0 amide bonds. The van der Waals surface area contributed by atoms with Gasteiger partial charge in [0.15, 0.2) is 0 Å². The van der Waals surface area contributed by atoms with E-state index >= 15 is 0 Å². The maximum absolute atomic E-state index is 5.34. The third kappa shape index (κ3) is 5.59. The molecule has 0 bridgehead atoms. The van der Waals surface area contributed by atoms with Gasteiger partial charge in [-0.3, -0.25) is 0 Å². The van der Waals surface area contributed by atoms with Crippen LogP contribution in [0, 0.1) is 0 Å². The van der Waals surface area contributed by atoms with Crippen LogP contribution in [-0.4, -0.2) is 18.0 Å². The summed E-state index contributed by atoms with van der Waals surface area (Å²) in [5.74, 6) is 0. The molecular formula is C10H18N2. The third-order valence-electron chi connectivity index (χ3n) is 1.56. The second kappa shape index (κ2) is 5.47. The van der Waals surface area contributed by atoms with Crippen molar-refractivity contribution in [1.29, 1.82) is 0 Å². The molecule has 0 aliphatic rings. The lowest BCUT2D eigenvalue weighted by molar-refractivity contribution is 0.376. The molecular weight excluding hydrogens is 148 g/mol. The Morgan fingerprint density at radius 2 is 2.00 bits per heavy atom. The molecule has 0 spiro atoms. The summed E-state index contributed by atoms with van der Waals surface area (Å²) in [6.07, 6.45) is 7.59. The molecule has 2 heteroatoms. The van der Waals surface area contributed by atoms with Crippen LogP contribution >= 0.6 is 0 Å². The van der Waals surface area contributed by atoms with Gasteiger partial charge in [-0.05, 0) is 32.2 Å². The maximum Gasteiger partial charge on any atom is 0.0240 e. The summed E-state index contributed by atoms with van der Waals surface area (Å²) in [6, 6.07) is 0.524. The van der Waals surface area contributed by atoms with Crippen molar-refractivity contribution in [3.05, 3.63) is 36.7 Å². The molecule has 0 heterocycles. The zero-order valence-electron chi connectivity index (χ0n) is 8.12. The van der Waals surface area contributed by atoms with Crippen LogP contribution in [0.3, 0.4) is 0 Å². The minimum atomic E-state index is 0.524. The van der Waals surface area contributed by atoms with Crippen LogP contribution in [-0.2, 0) is 0 Å². The van der Waals surface area contributed by atoms with E-state index in [0.717, 1.165) is 0 Å². The lowest BCUT2D eigenvalue weighted by Gasteiger charge is -2.17. The number of nitrogens with zero attached hydrogens (tertiary/aromatic N) is 1. The minimum absolute atomic E-state index is 0.524. The fourth-order valence-electron chi connectivity index (χ4n) is 0.537. The summed E-state index contributed by atoms with van der Waals surface area (Å²) in [4.78, 5) is 2.11. The number of hydrogen-bond acceptors (Lipinski definition) is 2. The summed E-state index contributed by atoms with van der Waals surface area (Å²) in [5, 5.41) is 0. The zero-order valence-corrected chi connectivity index (χ0v) is 8.12. The molecule has 0 radical (unpaired) electrons. The average Bonchev–Trinajstić information content (AvgIpc) is 1.97. The smallest absolute Gasteiger partial charge is 0.0240 e. The van der Waals surface area contributed by atoms with Crippen LogP contribution in [0.5, 0.6) is 0 Å². The van der Waals surface area contributed by atoms with E-state index in [1.54, 1.807) is 6.08 Å². The molecule has 0 unspecified atom stereocenters. The Morgan fingerprint density at radius 3 is 2.42 bits per heavy atom. The van der Waals surface area contributed by atoms with Crippen molar-refractivity contribution < 1.29 is 0 Å². The van der Waals surface area contributed by atoms with E-state index in [-0.39, 0.29) is 0 Å². The molecule has 2 nitrogen and oxygen atoms in total. The Labute approximate surface area is 75.1 Å². The summed E-state index contributed by atoms with van der Waals surface area (Å²) in [6.45, 7) is 7.82. The topological polar surface area (TPSA) is 29.3 Å². The van der Waals surface area contributed by atoms with E-state index in [1.807, 2.05) is 25.4 Å². The largest absolute Gasteiger partial charge is 0.399 e. The number of hydrogen-bond donors (Lipinski definition) is 1. The fraction of sp³-hybridized carbons (Fsp3) is 0.400. The summed E-state index contributed by atoms with van der Waals surface area (Å²) < 4.78 is 0. The molecule has 12 heavy (non-hydrogen) atoms. The van der Waals surface area contributed by atoms with E-state index in [2.05, 4.69) is 25.3 Å². The monoisotopic (exact) mass is 166 g/mol. The minimum Gasteiger partial charge on any atom is -0.399 e. The van der Waals surface area contributed by atoms with Gasteiger partial charge in [0.2, 0.25) is 0 Å². The Morgan fingerprint density at radius 1 is 1.42 bits per heavy atom. The molecule has 0 rings (SSSR count). The van der Waals surface area contributed by atoms with E-state index < -0.39 is 0 Å². The Kier molecular flexibility index (Phi) is 4.93. The average molecular weight is 166 g/mol. The summed E-state index contributed by atoms with van der Waals surface area (Å²) >= 11 is 0. The van der Waals surface area contributed by atoms with Gasteiger partial charge in [-0.1, -0.05) is 12.7 Å². The van der Waals surface area contributed by atoms with E-state index in [9.17, 15) is 0 Å². The van der Waals surface area contributed by atoms with Crippen molar-refractivity contribution in [2.24, 2.45) is 5.73 Å². The van der Waals surface area contributed by atoms with Crippen molar-refractivity contribution in [3.63, 3.8) is 0 Å². The molecule has 2 N–H and O–H groups in total. The summed E-state index contributed by atoms with van der Waals surface area (Å²) in [7, 11) is 2.03. The Hall–Kier alpha value is -1.18. The number of nitrogens with two attached hydrogens (primary N) is 1. The highest BCUT2D eigenvalue weighted by atomic mass is 15.1. The van der Waals surface area contributed by atoms with Crippen molar-refractivity contribution in [1.82, 2.24) is 4.90 Å². The molecule has 0 aliphatic carbocycles. The van der Waals surface area contributed by atoms with E-state index in [1.165, 1.54) is 0 Å². The molecule has 0 atom stereocenters. The predicted octanol–water partition coefficient (Wildman–Crippen LogP) is 1.87. The van der Waals surface area contributed by atoms with Crippen molar-refractivity contribution >= 4 is 0 Å². The van der Waals surface area contributed by atoms with Crippen LogP contribution < -0.4 is 5.73 Å². The first-order chi connectivity index (χ1) is 5.54. The fourth-order valence-corrected chi connectivity index (χ4v) is 0.537. The van der Waals surface area contributed by atoms with Crippen LogP contribution in [0.4, 0.5) is 0 Å². The molecule has 0 aromatic heterocycles. The lowest BCUT2D eigenvalue weighted by atomic mass is 10.3. The first-order valence-corrected chi connectivity index (χ1v) is 4.05. The van der Waals surface area contributed by atoms with Gasteiger partial charge in [0.1, 0.15) is 0 Å². The van der Waals surface area contributed by atoms with Gasteiger partial charge in [0.25, 0.3) is 0 Å². The van der Waals surface area contributed by atoms with Gasteiger partial charge in [0.05, 0.1) is 0 Å². The zero-order chi connectivity index (χ0) is 9.56. The SMILES string of the molecule is C=C(N)/C=C\C=C/N(C)C(C)C. The second-order valence-electron chi connectivity index (χ2n) is 3.03. The lowest BCUT2D eigenvalue weighted by Crippen LogP contribution is -2.19. The Balaban J connectivity index is 3.83. The maximum atomic E-state index is 5.34. The van der Waals surface area contributed by atoms with Crippen LogP contribution in [0.1, 0.15) is 13.8 Å². The summed E-state index contributed by atoms with van der Waals surface area (Å²) in [5.41, 5.74) is 5.92. The van der Waals surface area contributed by atoms with Gasteiger partial charge in [-0.15, -0.1) is 0 Å². The second-order valence-corrected chi connectivity index (χ2v) is 3.03. The van der Waals surface area contributed by atoms with Gasteiger partial charge in [0, 0.05) is 18.8 Å². The Bertz CT molecular complexity index is 190. The number of rotatable bonds is 4. The van der Waals surface area contributed by atoms with Crippen LogP contribution in [0.2, 0.25) is 0 Å². The first-order valence-electron chi connectivity index (χ1n) is 4.05. The van der Waals surface area contributed by atoms with E-state index in [0.29, 0.717) is 11.7 Å². The van der Waals surface area contributed by atoms with Crippen molar-refractivity contribution in [3.8, 4) is 0 Å². The first kappa shape index (κ1) is 10.8. The standard InChI is InChI=1S/C10H18N2/c1-9(2)12(4)8-6-5-7-10(3)11/h5-9H,3,11H2,1-2,4H3/b7-5-,8-6-.